The Balaban J connectivity index is 2.00. The maximum atomic E-state index is 13.0. The van der Waals surface area contributed by atoms with E-state index in [2.05, 4.69) is 0 Å². The topological polar surface area (TPSA) is 54.5 Å². The maximum Gasteiger partial charge on any atom is 0.300 e. The Kier molecular flexibility index (Phi) is 3.25. The molecule has 2 heterocycles. The zero-order valence-corrected chi connectivity index (χ0v) is 14.1. The lowest BCUT2D eigenvalue weighted by Crippen LogP contribution is -2.49. The van der Waals surface area contributed by atoms with Gasteiger partial charge in [-0.1, -0.05) is 54.6 Å². The van der Waals surface area contributed by atoms with E-state index in [1.165, 1.54) is 4.90 Å². The van der Waals surface area contributed by atoms with Crippen LogP contribution in [0.4, 0.5) is 0 Å². The molecule has 2 aliphatic heterocycles. The van der Waals surface area contributed by atoms with Crippen LogP contribution >= 0.6 is 0 Å². The minimum Gasteiger partial charge on any atom is -0.298 e. The van der Waals surface area contributed by atoms with Gasteiger partial charge in [0.15, 0.2) is 5.78 Å². The van der Waals surface area contributed by atoms with E-state index in [0.717, 1.165) is 11.1 Å². The zero-order chi connectivity index (χ0) is 17.8. The third-order valence-corrected chi connectivity index (χ3v) is 4.85. The Morgan fingerprint density at radius 1 is 0.960 bits per heavy atom. The van der Waals surface area contributed by atoms with Crippen molar-refractivity contribution < 1.29 is 14.4 Å². The summed E-state index contributed by atoms with van der Waals surface area (Å²) in [5, 5.41) is 0. The summed E-state index contributed by atoms with van der Waals surface area (Å²) in [6, 6.07) is 16.3. The van der Waals surface area contributed by atoms with Crippen LogP contribution in [-0.4, -0.2) is 27.9 Å². The second-order valence-corrected chi connectivity index (χ2v) is 7.03. The fourth-order valence-corrected chi connectivity index (χ4v) is 3.76. The molecular formula is C21H17NO3. The molecule has 0 atom stereocenters. The van der Waals surface area contributed by atoms with Gasteiger partial charge in [-0.25, -0.2) is 0 Å². The SMILES string of the molecule is CC1(C)Cc2ccccc2C2=C(C(=O)c3ccccc3)C(=O)C(=O)N21. The Morgan fingerprint density at radius 2 is 1.60 bits per heavy atom. The van der Waals surface area contributed by atoms with Crippen LogP contribution in [0.3, 0.4) is 0 Å². The van der Waals surface area contributed by atoms with Crippen molar-refractivity contribution in [3.63, 3.8) is 0 Å². The van der Waals surface area contributed by atoms with Gasteiger partial charge >= 0.3 is 0 Å². The van der Waals surface area contributed by atoms with E-state index in [1.807, 2.05) is 44.2 Å². The number of benzene rings is 2. The summed E-state index contributed by atoms with van der Waals surface area (Å²) in [5.74, 6) is -1.73. The smallest absolute Gasteiger partial charge is 0.298 e. The van der Waals surface area contributed by atoms with Crippen LogP contribution in [0.2, 0.25) is 0 Å². The Hall–Kier alpha value is -3.01. The van der Waals surface area contributed by atoms with Crippen LogP contribution in [0.5, 0.6) is 0 Å². The molecule has 1 amide bonds. The number of carbonyl (C=O) groups is 3. The van der Waals surface area contributed by atoms with Crippen molar-refractivity contribution in [2.75, 3.05) is 0 Å². The van der Waals surface area contributed by atoms with Gasteiger partial charge < -0.3 is 0 Å². The molecule has 4 nitrogen and oxygen atoms in total. The van der Waals surface area contributed by atoms with E-state index in [0.29, 0.717) is 17.7 Å². The lowest BCUT2D eigenvalue weighted by molar-refractivity contribution is -0.141. The third-order valence-electron chi connectivity index (χ3n) is 4.85. The van der Waals surface area contributed by atoms with Crippen LogP contribution in [0, 0.1) is 0 Å². The maximum absolute atomic E-state index is 13.0. The molecule has 0 unspecified atom stereocenters. The third kappa shape index (κ3) is 2.18. The summed E-state index contributed by atoms with van der Waals surface area (Å²) in [5.41, 5.74) is 2.12. The largest absolute Gasteiger partial charge is 0.300 e. The quantitative estimate of drug-likeness (QED) is 0.483. The van der Waals surface area contributed by atoms with Gasteiger partial charge in [0.2, 0.25) is 0 Å². The van der Waals surface area contributed by atoms with Gasteiger partial charge in [0.25, 0.3) is 11.7 Å². The molecule has 0 aliphatic carbocycles. The van der Waals surface area contributed by atoms with Crippen molar-refractivity contribution in [3.8, 4) is 0 Å². The van der Waals surface area contributed by atoms with Crippen LogP contribution in [-0.2, 0) is 16.0 Å². The van der Waals surface area contributed by atoms with Crippen LogP contribution in [0.25, 0.3) is 5.70 Å². The first-order valence-corrected chi connectivity index (χ1v) is 8.23. The summed E-state index contributed by atoms with van der Waals surface area (Å²) >= 11 is 0. The van der Waals surface area contributed by atoms with Gasteiger partial charge in [-0.2, -0.15) is 0 Å². The number of hydrogen-bond acceptors (Lipinski definition) is 3. The first kappa shape index (κ1) is 15.5. The molecule has 0 radical (unpaired) electrons. The molecule has 0 fully saturated rings. The van der Waals surface area contributed by atoms with Crippen LogP contribution in [0.1, 0.15) is 35.3 Å². The molecule has 0 saturated carbocycles. The van der Waals surface area contributed by atoms with Crippen molar-refractivity contribution in [3.05, 3.63) is 76.9 Å². The van der Waals surface area contributed by atoms with Crippen molar-refractivity contribution >= 4 is 23.2 Å². The van der Waals surface area contributed by atoms with Gasteiger partial charge in [0.1, 0.15) is 5.57 Å². The number of Topliss-reactive ketones (excluding diaryl/α,β-unsaturated/α-hetero) is 2. The average Bonchev–Trinajstić information content (AvgIpc) is 2.87. The number of fused-ring (bicyclic) bond motifs is 3. The molecule has 0 spiro atoms. The number of amides is 1. The predicted molar refractivity (Wildman–Crippen MR) is 93.8 cm³/mol. The molecule has 2 aromatic carbocycles. The summed E-state index contributed by atoms with van der Waals surface area (Å²) in [6.45, 7) is 3.84. The second kappa shape index (κ2) is 5.24. The average molecular weight is 331 g/mol. The molecule has 0 N–H and O–H groups in total. The lowest BCUT2D eigenvalue weighted by atomic mass is 9.83. The highest BCUT2D eigenvalue weighted by Gasteiger charge is 2.50. The van der Waals surface area contributed by atoms with Gasteiger partial charge in [-0.05, 0) is 25.8 Å². The van der Waals surface area contributed by atoms with E-state index < -0.39 is 23.0 Å². The van der Waals surface area contributed by atoms with Crippen LogP contribution < -0.4 is 0 Å². The first-order valence-electron chi connectivity index (χ1n) is 8.23. The van der Waals surface area contributed by atoms with Crippen molar-refractivity contribution in [2.24, 2.45) is 0 Å². The molecule has 2 aromatic rings. The molecule has 0 aromatic heterocycles. The van der Waals surface area contributed by atoms with Crippen molar-refractivity contribution in [1.82, 2.24) is 4.90 Å². The number of nitrogens with zero attached hydrogens (tertiary/aromatic N) is 1. The normalized spacial score (nSPS) is 18.2. The van der Waals surface area contributed by atoms with Gasteiger partial charge in [0, 0.05) is 16.7 Å². The monoisotopic (exact) mass is 331 g/mol. The van der Waals surface area contributed by atoms with Gasteiger partial charge in [-0.3, -0.25) is 19.3 Å². The van der Waals surface area contributed by atoms with Gasteiger partial charge in [0.05, 0.1) is 5.70 Å². The highest BCUT2D eigenvalue weighted by molar-refractivity contribution is 6.56. The molecular weight excluding hydrogens is 314 g/mol. The number of rotatable bonds is 2. The number of ketones is 2. The van der Waals surface area contributed by atoms with E-state index in [-0.39, 0.29) is 5.57 Å². The minimum atomic E-state index is -0.714. The van der Waals surface area contributed by atoms with E-state index in [4.69, 9.17) is 0 Å². The summed E-state index contributed by atoms with van der Waals surface area (Å²) in [6.07, 6.45) is 0.637. The zero-order valence-electron chi connectivity index (χ0n) is 14.1. The predicted octanol–water partition coefficient (Wildman–Crippen LogP) is 3.03. The molecule has 0 bridgehead atoms. The Labute approximate surface area is 145 Å². The summed E-state index contributed by atoms with van der Waals surface area (Å²) in [7, 11) is 0. The Bertz CT molecular complexity index is 954. The summed E-state index contributed by atoms with van der Waals surface area (Å²) in [4.78, 5) is 39.9. The fourth-order valence-electron chi connectivity index (χ4n) is 3.76. The second-order valence-electron chi connectivity index (χ2n) is 7.03. The summed E-state index contributed by atoms with van der Waals surface area (Å²) < 4.78 is 0. The molecule has 124 valence electrons. The van der Waals surface area contributed by atoms with E-state index in [9.17, 15) is 14.4 Å². The van der Waals surface area contributed by atoms with Crippen molar-refractivity contribution in [2.45, 2.75) is 25.8 Å². The highest BCUT2D eigenvalue weighted by Crippen LogP contribution is 2.44. The highest BCUT2D eigenvalue weighted by atomic mass is 16.2. The Morgan fingerprint density at radius 3 is 2.32 bits per heavy atom. The van der Waals surface area contributed by atoms with E-state index >= 15 is 0 Å². The van der Waals surface area contributed by atoms with Gasteiger partial charge in [-0.15, -0.1) is 0 Å². The first-order chi connectivity index (χ1) is 11.9. The number of hydrogen-bond donors (Lipinski definition) is 0. The molecule has 4 rings (SSSR count). The lowest BCUT2D eigenvalue weighted by Gasteiger charge is -2.42. The van der Waals surface area contributed by atoms with E-state index in [1.54, 1.807) is 24.3 Å². The number of carbonyl (C=O) groups excluding carboxylic acids is 3. The van der Waals surface area contributed by atoms with Crippen molar-refractivity contribution in [1.29, 1.82) is 0 Å². The molecule has 2 aliphatic rings. The fraction of sp³-hybridized carbons (Fsp3) is 0.190. The molecule has 4 heteroatoms. The van der Waals surface area contributed by atoms with Crippen LogP contribution in [0.15, 0.2) is 60.2 Å². The molecule has 0 saturated heterocycles. The standard InChI is InChI=1S/C21H17NO3/c1-21(2)12-14-10-6-7-11-15(14)17-16(19(24)20(25)22(17)21)18(23)13-8-4-3-5-9-13/h3-11H,12H2,1-2H3. The minimum absolute atomic E-state index is 0.0172. The molecule has 25 heavy (non-hydrogen) atoms.